The van der Waals surface area contributed by atoms with E-state index in [-0.39, 0.29) is 29.7 Å². The van der Waals surface area contributed by atoms with Gasteiger partial charge in [-0.25, -0.2) is 8.42 Å². The minimum atomic E-state index is -3.30. The second kappa shape index (κ2) is 10.9. The third-order valence-corrected chi connectivity index (χ3v) is 8.20. The van der Waals surface area contributed by atoms with Crippen LogP contribution in [0.25, 0.3) is 17.5 Å². The molecule has 1 fully saturated rings. The summed E-state index contributed by atoms with van der Waals surface area (Å²) >= 11 is 7.54. The zero-order valence-corrected chi connectivity index (χ0v) is 22.4. The zero-order chi connectivity index (χ0) is 25.9. The van der Waals surface area contributed by atoms with Gasteiger partial charge in [0.15, 0.2) is 15.7 Å². The predicted octanol–water partition coefficient (Wildman–Crippen LogP) is 3.85. The summed E-state index contributed by atoms with van der Waals surface area (Å²) < 4.78 is 33.0. The minimum absolute atomic E-state index is 0.0280. The molecule has 0 saturated carbocycles. The number of nitrogens with zero attached hydrogens (tertiary/aromatic N) is 3. The molecule has 0 unspecified atom stereocenters. The molecule has 186 valence electrons. The van der Waals surface area contributed by atoms with Gasteiger partial charge in [-0.15, -0.1) is 0 Å². The van der Waals surface area contributed by atoms with E-state index in [0.29, 0.717) is 25.7 Å². The van der Waals surface area contributed by atoms with Crippen LogP contribution < -0.4 is 10.1 Å². The Labute approximate surface area is 221 Å². The van der Waals surface area contributed by atoms with Crippen molar-refractivity contribution >= 4 is 72.7 Å². The molecule has 1 aromatic heterocycles. The molecule has 1 aliphatic heterocycles. The molecule has 3 aromatic rings. The van der Waals surface area contributed by atoms with Crippen LogP contribution in [0.5, 0.6) is 5.75 Å². The van der Waals surface area contributed by atoms with Crippen LogP contribution in [0, 0.1) is 0 Å². The molecule has 2 amide bonds. The van der Waals surface area contributed by atoms with Crippen LogP contribution in [-0.2, 0) is 19.4 Å². The predicted molar refractivity (Wildman–Crippen MR) is 145 cm³/mol. The average molecular weight is 561 g/mol. The number of thiocarbonyl (C=S) groups is 1. The maximum absolute atomic E-state index is 12.8. The monoisotopic (exact) mass is 560 g/mol. The van der Waals surface area contributed by atoms with Crippen molar-refractivity contribution in [2.24, 2.45) is 0 Å². The molecule has 0 radical (unpaired) electrons. The van der Waals surface area contributed by atoms with Gasteiger partial charge in [0, 0.05) is 36.3 Å². The van der Waals surface area contributed by atoms with Crippen LogP contribution in [0.4, 0.5) is 5.13 Å². The Hall–Kier alpha value is -3.13. The lowest BCUT2D eigenvalue weighted by atomic mass is 10.2. The van der Waals surface area contributed by atoms with Crippen molar-refractivity contribution in [3.8, 4) is 17.1 Å². The minimum Gasteiger partial charge on any atom is -0.497 e. The van der Waals surface area contributed by atoms with E-state index < -0.39 is 9.84 Å². The fourth-order valence-electron chi connectivity index (χ4n) is 3.18. The van der Waals surface area contributed by atoms with Crippen LogP contribution in [0.15, 0.2) is 58.3 Å². The van der Waals surface area contributed by atoms with Crippen LogP contribution >= 0.6 is 35.5 Å². The van der Waals surface area contributed by atoms with Crippen molar-refractivity contribution in [1.29, 1.82) is 0 Å². The number of sulfone groups is 1. The summed E-state index contributed by atoms with van der Waals surface area (Å²) in [4.78, 5) is 31.6. The molecule has 1 saturated heterocycles. The number of aromatic nitrogens is 2. The van der Waals surface area contributed by atoms with Gasteiger partial charge in [0.05, 0.1) is 16.9 Å². The van der Waals surface area contributed by atoms with E-state index in [1.165, 1.54) is 28.8 Å². The van der Waals surface area contributed by atoms with Gasteiger partial charge in [-0.2, -0.15) is 9.36 Å². The van der Waals surface area contributed by atoms with Crippen LogP contribution in [0.2, 0.25) is 0 Å². The second-order valence-electron chi connectivity index (χ2n) is 7.62. The average Bonchev–Trinajstić information content (AvgIpc) is 3.41. The third kappa shape index (κ3) is 6.16. The molecule has 0 atom stereocenters. The topological polar surface area (TPSA) is 119 Å². The molecule has 4 rings (SSSR count). The second-order valence-corrected chi connectivity index (χ2v) is 12.1. The Morgan fingerprint density at radius 1 is 1.17 bits per heavy atom. The SMILES string of the molecule is COc1ccc(/C=C2\SC(=S)N(CCC(=O)Nc3nc(-c4ccc(S(C)(=O)=O)cc4)ns3)C2=O)cc1. The van der Waals surface area contributed by atoms with Gasteiger partial charge < -0.3 is 10.1 Å². The Bertz CT molecular complexity index is 1450. The number of rotatable bonds is 8. The van der Waals surface area contributed by atoms with Crippen LogP contribution in [0.1, 0.15) is 12.0 Å². The number of anilines is 1. The quantitative estimate of drug-likeness (QED) is 0.324. The van der Waals surface area contributed by atoms with Gasteiger partial charge in [0.1, 0.15) is 10.1 Å². The number of ether oxygens (including phenoxy) is 1. The van der Waals surface area contributed by atoms with Gasteiger partial charge in [-0.1, -0.05) is 36.1 Å². The van der Waals surface area contributed by atoms with Crippen molar-refractivity contribution in [2.45, 2.75) is 11.3 Å². The summed E-state index contributed by atoms with van der Waals surface area (Å²) in [5, 5.41) is 2.98. The molecule has 0 spiro atoms. The van der Waals surface area contributed by atoms with E-state index in [1.807, 2.05) is 12.1 Å². The van der Waals surface area contributed by atoms with E-state index in [4.69, 9.17) is 17.0 Å². The number of hydrogen-bond acceptors (Lipinski definition) is 10. The molecule has 0 aliphatic carbocycles. The lowest BCUT2D eigenvalue weighted by molar-refractivity contribution is -0.122. The highest BCUT2D eigenvalue weighted by Crippen LogP contribution is 2.33. The molecule has 9 nitrogen and oxygen atoms in total. The first kappa shape index (κ1) is 25.9. The maximum atomic E-state index is 12.8. The highest BCUT2D eigenvalue weighted by atomic mass is 32.2. The van der Waals surface area contributed by atoms with Gasteiger partial charge in [0.2, 0.25) is 11.0 Å². The summed E-state index contributed by atoms with van der Waals surface area (Å²) in [6, 6.07) is 13.5. The molecule has 13 heteroatoms. The molecule has 2 heterocycles. The smallest absolute Gasteiger partial charge is 0.266 e. The van der Waals surface area contributed by atoms with Crippen molar-refractivity contribution in [1.82, 2.24) is 14.3 Å². The number of thioether (sulfide) groups is 1. The molecule has 1 aliphatic rings. The highest BCUT2D eigenvalue weighted by Gasteiger charge is 2.32. The summed E-state index contributed by atoms with van der Waals surface area (Å²) in [6.07, 6.45) is 2.92. The van der Waals surface area contributed by atoms with Gasteiger partial charge in [-0.3, -0.25) is 14.5 Å². The Kier molecular flexibility index (Phi) is 7.83. The number of methoxy groups -OCH3 is 1. The zero-order valence-electron chi connectivity index (χ0n) is 19.1. The standard InChI is InChI=1S/C23H20N4O5S4/c1-32-16-7-3-14(4-8-16)13-18-21(29)27(23(33)34-18)12-11-19(28)24-22-25-20(26-35-22)15-5-9-17(10-6-15)36(2,30)31/h3-10,13H,11-12H2,1-2H3,(H,24,25,26,28)/b18-13-. The first-order chi connectivity index (χ1) is 17.1. The largest absolute Gasteiger partial charge is 0.497 e. The van der Waals surface area contributed by atoms with E-state index >= 15 is 0 Å². The Morgan fingerprint density at radius 3 is 2.50 bits per heavy atom. The van der Waals surface area contributed by atoms with Crippen molar-refractivity contribution in [3.05, 3.63) is 59.0 Å². The lowest BCUT2D eigenvalue weighted by Crippen LogP contribution is -2.31. The van der Waals surface area contributed by atoms with Gasteiger partial charge >= 0.3 is 0 Å². The van der Waals surface area contributed by atoms with E-state index in [9.17, 15) is 18.0 Å². The first-order valence-electron chi connectivity index (χ1n) is 10.5. The normalized spacial score (nSPS) is 14.9. The summed E-state index contributed by atoms with van der Waals surface area (Å²) in [7, 11) is -1.71. The van der Waals surface area contributed by atoms with Crippen LogP contribution in [0.3, 0.4) is 0 Å². The lowest BCUT2D eigenvalue weighted by Gasteiger charge is -2.13. The number of hydrogen-bond donors (Lipinski definition) is 1. The van der Waals surface area contributed by atoms with E-state index in [0.717, 1.165) is 29.1 Å². The summed E-state index contributed by atoms with van der Waals surface area (Å²) in [5.41, 5.74) is 1.47. The highest BCUT2D eigenvalue weighted by molar-refractivity contribution is 8.26. The van der Waals surface area contributed by atoms with Gasteiger partial charge in [-0.05, 0) is 48.0 Å². The number of benzene rings is 2. The maximum Gasteiger partial charge on any atom is 0.266 e. The summed E-state index contributed by atoms with van der Waals surface area (Å²) in [6.45, 7) is 0.134. The molecule has 2 aromatic carbocycles. The van der Waals surface area contributed by atoms with E-state index in [1.54, 1.807) is 37.5 Å². The van der Waals surface area contributed by atoms with Gasteiger partial charge in [0.25, 0.3) is 5.91 Å². The Morgan fingerprint density at radius 2 is 1.86 bits per heavy atom. The third-order valence-electron chi connectivity index (χ3n) is 5.06. The molecule has 0 bridgehead atoms. The molecular formula is C23H20N4O5S4. The summed E-state index contributed by atoms with van der Waals surface area (Å²) in [5.74, 6) is 0.511. The first-order valence-corrected chi connectivity index (χ1v) is 14.4. The van der Waals surface area contributed by atoms with Crippen LogP contribution in [-0.4, -0.2) is 58.7 Å². The number of nitrogens with one attached hydrogen (secondary N) is 1. The molecular weight excluding hydrogens is 541 g/mol. The Balaban J connectivity index is 1.33. The number of carbonyl (C=O) groups excluding carboxylic acids is 2. The fourth-order valence-corrected chi connectivity index (χ4v) is 5.73. The van der Waals surface area contributed by atoms with Crippen molar-refractivity contribution < 1.29 is 22.7 Å². The fraction of sp³-hybridized carbons (Fsp3) is 0.174. The number of amides is 2. The number of carbonyl (C=O) groups is 2. The van der Waals surface area contributed by atoms with E-state index in [2.05, 4.69) is 14.7 Å². The van der Waals surface area contributed by atoms with Crippen molar-refractivity contribution in [2.75, 3.05) is 25.2 Å². The molecule has 36 heavy (non-hydrogen) atoms. The van der Waals surface area contributed by atoms with Crippen molar-refractivity contribution in [3.63, 3.8) is 0 Å². The molecule has 1 N–H and O–H groups in total.